The Morgan fingerprint density at radius 1 is 1.42 bits per heavy atom. The maximum Gasteiger partial charge on any atom is 0.226 e. The summed E-state index contributed by atoms with van der Waals surface area (Å²) in [5.41, 5.74) is 0. The number of rotatable bonds is 4. The fourth-order valence-corrected chi connectivity index (χ4v) is 4.10. The van der Waals surface area contributed by atoms with Crippen molar-refractivity contribution < 1.29 is 9.90 Å². The molecule has 2 aliphatic rings. The van der Waals surface area contributed by atoms with Crippen LogP contribution in [-0.2, 0) is 4.79 Å². The fraction of sp³-hybridized carbons (Fsp3) is 0.667. The number of aliphatic hydroxyl groups excluding tert-OH is 1. The van der Waals surface area contributed by atoms with Gasteiger partial charge in [-0.3, -0.25) is 4.79 Å². The Morgan fingerprint density at radius 3 is 2.74 bits per heavy atom. The highest BCUT2D eigenvalue weighted by Gasteiger charge is 2.46. The molecule has 2 fully saturated rings. The maximum absolute atomic E-state index is 12.3. The molecule has 104 valence electrons. The molecule has 0 aromatic carbocycles. The highest BCUT2D eigenvalue weighted by molar-refractivity contribution is 7.12. The van der Waals surface area contributed by atoms with E-state index in [1.807, 2.05) is 23.3 Å². The Hall–Kier alpha value is -0.870. The van der Waals surface area contributed by atoms with Gasteiger partial charge in [-0.2, -0.15) is 0 Å². The normalized spacial score (nSPS) is 32.8. The zero-order valence-corrected chi connectivity index (χ0v) is 12.3. The van der Waals surface area contributed by atoms with Crippen molar-refractivity contribution in [3.05, 3.63) is 21.9 Å². The second-order valence-corrected chi connectivity index (χ2v) is 7.43. The van der Waals surface area contributed by atoms with Gasteiger partial charge in [0.2, 0.25) is 5.91 Å². The highest BCUT2D eigenvalue weighted by Crippen LogP contribution is 2.50. The molecule has 0 unspecified atom stereocenters. The molecule has 1 N–H and O–H groups in total. The van der Waals surface area contributed by atoms with Crippen LogP contribution in [0, 0.1) is 18.8 Å². The summed E-state index contributed by atoms with van der Waals surface area (Å²) < 4.78 is 0. The molecular formula is C15H21NO2S. The van der Waals surface area contributed by atoms with E-state index in [4.69, 9.17) is 0 Å². The molecule has 1 aromatic heterocycles. The number of aliphatic hydroxyl groups is 1. The average molecular weight is 279 g/mol. The van der Waals surface area contributed by atoms with Crippen LogP contribution in [0.25, 0.3) is 0 Å². The van der Waals surface area contributed by atoms with Gasteiger partial charge in [-0.1, -0.05) is 0 Å². The standard InChI is InChI=1S/C15H21NO2S/c1-9-3-4-14(19-9)12-7-13(12)15(18)16(2)8-10-5-11(17)6-10/h3-4,10-13,17H,5-8H2,1-2H3/t10?,11?,12-,13-/m1/s1. The van der Waals surface area contributed by atoms with Crippen LogP contribution in [0.2, 0.25) is 0 Å². The zero-order chi connectivity index (χ0) is 13.6. The third-order valence-electron chi connectivity index (χ3n) is 4.35. The Morgan fingerprint density at radius 2 is 2.16 bits per heavy atom. The van der Waals surface area contributed by atoms with E-state index >= 15 is 0 Å². The third-order valence-corrected chi connectivity index (χ3v) is 5.49. The first-order chi connectivity index (χ1) is 9.04. The number of hydrogen-bond acceptors (Lipinski definition) is 3. The summed E-state index contributed by atoms with van der Waals surface area (Å²) in [6.45, 7) is 2.92. The molecule has 0 spiro atoms. The van der Waals surface area contributed by atoms with E-state index in [1.54, 1.807) is 0 Å². The summed E-state index contributed by atoms with van der Waals surface area (Å²) in [7, 11) is 1.90. The van der Waals surface area contributed by atoms with E-state index in [2.05, 4.69) is 19.1 Å². The van der Waals surface area contributed by atoms with Crippen molar-refractivity contribution in [1.29, 1.82) is 0 Å². The molecule has 1 heterocycles. The zero-order valence-electron chi connectivity index (χ0n) is 11.5. The van der Waals surface area contributed by atoms with E-state index in [0.29, 0.717) is 11.8 Å². The molecule has 3 nitrogen and oxygen atoms in total. The first kappa shape index (κ1) is 13.1. The highest BCUT2D eigenvalue weighted by atomic mass is 32.1. The van der Waals surface area contributed by atoms with Gasteiger partial charge in [0.25, 0.3) is 0 Å². The van der Waals surface area contributed by atoms with Crippen LogP contribution in [0.1, 0.15) is 34.9 Å². The summed E-state index contributed by atoms with van der Waals surface area (Å²) in [5.74, 6) is 1.45. The van der Waals surface area contributed by atoms with E-state index in [0.717, 1.165) is 25.8 Å². The average Bonchev–Trinajstić information content (AvgIpc) is 3.02. The molecule has 0 bridgehead atoms. The smallest absolute Gasteiger partial charge is 0.226 e. The first-order valence-electron chi connectivity index (χ1n) is 7.04. The van der Waals surface area contributed by atoms with Crippen molar-refractivity contribution in [2.24, 2.45) is 11.8 Å². The lowest BCUT2D eigenvalue weighted by molar-refractivity contribution is -0.133. The van der Waals surface area contributed by atoms with E-state index in [-0.39, 0.29) is 17.9 Å². The number of carbonyl (C=O) groups excluding carboxylic acids is 1. The molecule has 1 aromatic rings. The molecule has 0 saturated heterocycles. The van der Waals surface area contributed by atoms with Gasteiger partial charge in [-0.15, -0.1) is 11.3 Å². The van der Waals surface area contributed by atoms with Crippen molar-refractivity contribution in [2.75, 3.05) is 13.6 Å². The SMILES string of the molecule is Cc1ccc([C@@H]2C[C@H]2C(=O)N(C)CC2CC(O)C2)s1. The second-order valence-electron chi connectivity index (χ2n) is 6.11. The van der Waals surface area contributed by atoms with Gasteiger partial charge < -0.3 is 10.0 Å². The van der Waals surface area contributed by atoms with Crippen LogP contribution >= 0.6 is 11.3 Å². The molecule has 19 heavy (non-hydrogen) atoms. The fourth-order valence-electron chi connectivity index (χ4n) is 3.05. The number of thiophene rings is 1. The molecule has 0 aliphatic heterocycles. The van der Waals surface area contributed by atoms with Gasteiger partial charge in [-0.05, 0) is 44.2 Å². The minimum absolute atomic E-state index is 0.128. The maximum atomic E-state index is 12.3. The number of aryl methyl sites for hydroxylation is 1. The number of carbonyl (C=O) groups is 1. The summed E-state index contributed by atoms with van der Waals surface area (Å²) in [5, 5.41) is 9.28. The molecule has 3 rings (SSSR count). The van der Waals surface area contributed by atoms with E-state index in [1.165, 1.54) is 9.75 Å². The molecule has 1 amide bonds. The first-order valence-corrected chi connectivity index (χ1v) is 7.85. The predicted octanol–water partition coefficient (Wildman–Crippen LogP) is 2.39. The summed E-state index contributed by atoms with van der Waals surface area (Å²) >= 11 is 1.82. The number of hydrogen-bond donors (Lipinski definition) is 1. The minimum atomic E-state index is -0.128. The number of amides is 1. The van der Waals surface area contributed by atoms with Gasteiger partial charge >= 0.3 is 0 Å². The number of nitrogens with zero attached hydrogens (tertiary/aromatic N) is 1. The van der Waals surface area contributed by atoms with Crippen LogP contribution in [-0.4, -0.2) is 35.6 Å². The van der Waals surface area contributed by atoms with E-state index in [9.17, 15) is 9.90 Å². The Labute approximate surface area is 118 Å². The molecule has 0 radical (unpaired) electrons. The van der Waals surface area contributed by atoms with Crippen molar-refractivity contribution in [1.82, 2.24) is 4.90 Å². The summed E-state index contributed by atoms with van der Waals surface area (Å²) in [4.78, 5) is 16.9. The molecule has 4 heteroatoms. The topological polar surface area (TPSA) is 40.5 Å². The predicted molar refractivity (Wildman–Crippen MR) is 76.3 cm³/mol. The lowest BCUT2D eigenvalue weighted by Gasteiger charge is -2.34. The van der Waals surface area contributed by atoms with Crippen LogP contribution in [0.5, 0.6) is 0 Å². The molecule has 2 saturated carbocycles. The van der Waals surface area contributed by atoms with Crippen LogP contribution in [0.4, 0.5) is 0 Å². The quantitative estimate of drug-likeness (QED) is 0.919. The van der Waals surface area contributed by atoms with Gasteiger partial charge in [-0.25, -0.2) is 0 Å². The lowest BCUT2D eigenvalue weighted by Crippen LogP contribution is -2.40. The van der Waals surface area contributed by atoms with Crippen LogP contribution in [0.15, 0.2) is 12.1 Å². The monoisotopic (exact) mass is 279 g/mol. The Bertz CT molecular complexity index is 478. The lowest BCUT2D eigenvalue weighted by atomic mass is 9.82. The molecular weight excluding hydrogens is 258 g/mol. The van der Waals surface area contributed by atoms with Gasteiger partial charge in [0.15, 0.2) is 0 Å². The van der Waals surface area contributed by atoms with Crippen molar-refractivity contribution in [3.63, 3.8) is 0 Å². The largest absolute Gasteiger partial charge is 0.393 e. The second kappa shape index (κ2) is 4.91. The van der Waals surface area contributed by atoms with Crippen molar-refractivity contribution >= 4 is 17.2 Å². The summed E-state index contributed by atoms with van der Waals surface area (Å²) in [6, 6.07) is 4.31. The minimum Gasteiger partial charge on any atom is -0.393 e. The van der Waals surface area contributed by atoms with Crippen LogP contribution < -0.4 is 0 Å². The molecule has 2 aliphatic carbocycles. The Balaban J connectivity index is 1.51. The van der Waals surface area contributed by atoms with Crippen molar-refractivity contribution in [3.8, 4) is 0 Å². The Kier molecular flexibility index (Phi) is 3.39. The summed E-state index contributed by atoms with van der Waals surface area (Å²) in [6.07, 6.45) is 2.60. The third kappa shape index (κ3) is 2.70. The van der Waals surface area contributed by atoms with Crippen LogP contribution in [0.3, 0.4) is 0 Å². The van der Waals surface area contributed by atoms with E-state index < -0.39 is 0 Å². The van der Waals surface area contributed by atoms with Crippen molar-refractivity contribution in [2.45, 2.75) is 38.2 Å². The molecule has 2 atom stereocenters. The van der Waals surface area contributed by atoms with Gasteiger partial charge in [0, 0.05) is 35.2 Å². The van der Waals surface area contributed by atoms with Gasteiger partial charge in [0.1, 0.15) is 0 Å². The van der Waals surface area contributed by atoms with Gasteiger partial charge in [0.05, 0.1) is 6.10 Å².